The molecule has 0 heterocycles. The number of alkyl halides is 2. The Morgan fingerprint density at radius 3 is 2.56 bits per heavy atom. The molecule has 86 valence electrons. The third kappa shape index (κ3) is 2.86. The van der Waals surface area contributed by atoms with Crippen molar-refractivity contribution < 1.29 is 18.5 Å². The summed E-state index contributed by atoms with van der Waals surface area (Å²) in [7, 11) is 0. The van der Waals surface area contributed by atoms with Gasteiger partial charge in [-0.2, -0.15) is 8.78 Å². The van der Waals surface area contributed by atoms with Crippen LogP contribution in [-0.2, 0) is 4.79 Å². The van der Waals surface area contributed by atoms with Gasteiger partial charge in [0.2, 0.25) is 0 Å². The minimum atomic E-state index is -3.17. The highest BCUT2D eigenvalue weighted by Gasteiger charge is 2.17. The van der Waals surface area contributed by atoms with Crippen LogP contribution in [0.3, 0.4) is 0 Å². The van der Waals surface area contributed by atoms with Crippen LogP contribution < -0.4 is 5.32 Å². The van der Waals surface area contributed by atoms with Crippen molar-refractivity contribution in [3.63, 3.8) is 0 Å². The van der Waals surface area contributed by atoms with Crippen molar-refractivity contribution in [2.45, 2.75) is 6.43 Å². The molecular formula is C8H5ClF2N2O3. The van der Waals surface area contributed by atoms with Crippen LogP contribution in [0.5, 0.6) is 0 Å². The predicted octanol–water partition coefficient (Wildman–Crippen LogP) is 2.45. The van der Waals surface area contributed by atoms with Crippen molar-refractivity contribution in [3.8, 4) is 0 Å². The Hall–Kier alpha value is -1.76. The van der Waals surface area contributed by atoms with Crippen LogP contribution in [-0.4, -0.2) is 17.3 Å². The van der Waals surface area contributed by atoms with Gasteiger partial charge in [0, 0.05) is 12.1 Å². The number of nitro benzene ring substituents is 1. The van der Waals surface area contributed by atoms with E-state index in [9.17, 15) is 23.7 Å². The molecule has 1 rings (SSSR count). The zero-order chi connectivity index (χ0) is 12.3. The molecule has 0 atom stereocenters. The molecular weight excluding hydrogens is 246 g/mol. The number of rotatable bonds is 3. The highest BCUT2D eigenvalue weighted by molar-refractivity contribution is 6.34. The second kappa shape index (κ2) is 4.84. The molecule has 0 radical (unpaired) electrons. The van der Waals surface area contributed by atoms with E-state index in [1.54, 1.807) is 0 Å². The summed E-state index contributed by atoms with van der Waals surface area (Å²) in [5.74, 6) is -1.52. The fourth-order valence-electron chi connectivity index (χ4n) is 0.906. The minimum absolute atomic E-state index is 0.0995. The summed E-state index contributed by atoms with van der Waals surface area (Å²) in [6, 6.07) is 3.09. The molecule has 1 aromatic carbocycles. The number of non-ortho nitro benzene ring substituents is 1. The minimum Gasteiger partial charge on any atom is -0.320 e. The fraction of sp³-hybridized carbons (Fsp3) is 0.125. The molecule has 1 aromatic rings. The molecule has 8 heteroatoms. The summed E-state index contributed by atoms with van der Waals surface area (Å²) in [5, 5.41) is 12.0. The van der Waals surface area contributed by atoms with E-state index < -0.39 is 17.3 Å². The zero-order valence-corrected chi connectivity index (χ0v) is 8.37. The Bertz CT molecular complexity index is 439. The van der Waals surface area contributed by atoms with E-state index in [0.29, 0.717) is 0 Å². The normalized spacial score (nSPS) is 10.2. The number of carbonyl (C=O) groups excluding carboxylic acids is 1. The summed E-state index contributed by atoms with van der Waals surface area (Å²) in [6.07, 6.45) is -3.17. The van der Waals surface area contributed by atoms with Crippen molar-refractivity contribution in [1.82, 2.24) is 0 Å². The van der Waals surface area contributed by atoms with Crippen LogP contribution in [0, 0.1) is 10.1 Å². The Balaban J connectivity index is 2.91. The van der Waals surface area contributed by atoms with Crippen molar-refractivity contribution in [1.29, 1.82) is 0 Å². The molecule has 0 aliphatic heterocycles. The highest BCUT2D eigenvalue weighted by Crippen LogP contribution is 2.26. The summed E-state index contributed by atoms with van der Waals surface area (Å²) in [5.41, 5.74) is -0.391. The largest absolute Gasteiger partial charge is 0.320 e. The summed E-state index contributed by atoms with van der Waals surface area (Å²) in [6.45, 7) is 0. The summed E-state index contributed by atoms with van der Waals surface area (Å²) in [4.78, 5) is 20.3. The first-order valence-electron chi connectivity index (χ1n) is 3.95. The predicted molar refractivity (Wildman–Crippen MR) is 52.7 cm³/mol. The lowest BCUT2D eigenvalue weighted by Crippen LogP contribution is -2.20. The number of nitrogens with zero attached hydrogens (tertiary/aromatic N) is 1. The van der Waals surface area contributed by atoms with Crippen molar-refractivity contribution >= 4 is 28.9 Å². The van der Waals surface area contributed by atoms with Gasteiger partial charge in [-0.1, -0.05) is 11.6 Å². The first-order valence-corrected chi connectivity index (χ1v) is 4.32. The number of carbonyl (C=O) groups is 1. The first-order chi connectivity index (χ1) is 7.41. The van der Waals surface area contributed by atoms with E-state index in [2.05, 4.69) is 0 Å². The zero-order valence-electron chi connectivity index (χ0n) is 7.62. The maximum absolute atomic E-state index is 11.9. The van der Waals surface area contributed by atoms with E-state index in [1.165, 1.54) is 0 Å². The molecule has 1 N–H and O–H groups in total. The molecule has 0 aliphatic carbocycles. The van der Waals surface area contributed by atoms with E-state index in [0.717, 1.165) is 18.2 Å². The first kappa shape index (κ1) is 12.3. The molecule has 0 spiro atoms. The molecule has 0 aromatic heterocycles. The quantitative estimate of drug-likeness (QED) is 0.661. The topological polar surface area (TPSA) is 72.2 Å². The van der Waals surface area contributed by atoms with Gasteiger partial charge in [-0.05, 0) is 6.07 Å². The number of hydrogen-bond donors (Lipinski definition) is 1. The maximum Gasteiger partial charge on any atom is 0.315 e. The third-order valence-electron chi connectivity index (χ3n) is 1.62. The maximum atomic E-state index is 11.9. The number of anilines is 1. The van der Waals surface area contributed by atoms with E-state index in [-0.39, 0.29) is 16.4 Å². The second-order valence-corrected chi connectivity index (χ2v) is 3.12. The van der Waals surface area contributed by atoms with E-state index in [4.69, 9.17) is 11.6 Å². The summed E-state index contributed by atoms with van der Waals surface area (Å²) < 4.78 is 23.8. The SMILES string of the molecule is O=C(Nc1ccc([N+](=O)[O-])cc1Cl)C(F)F. The molecule has 0 bridgehead atoms. The van der Waals surface area contributed by atoms with Crippen molar-refractivity contribution in [3.05, 3.63) is 33.3 Å². The standard InChI is InChI=1S/C8H5ClF2N2O3/c9-5-3-4(13(15)16)1-2-6(5)12-8(14)7(10)11/h1-3,7H,(H,12,14). The molecule has 1 amide bonds. The number of nitrogens with one attached hydrogen (secondary N) is 1. The van der Waals surface area contributed by atoms with Crippen molar-refractivity contribution in [2.24, 2.45) is 0 Å². The number of nitro groups is 1. The van der Waals surface area contributed by atoms with Crippen LogP contribution in [0.25, 0.3) is 0 Å². The lowest BCUT2D eigenvalue weighted by Gasteiger charge is -2.05. The molecule has 0 saturated carbocycles. The van der Waals surface area contributed by atoms with Gasteiger partial charge in [0.1, 0.15) is 0 Å². The third-order valence-corrected chi connectivity index (χ3v) is 1.93. The number of amides is 1. The van der Waals surface area contributed by atoms with Gasteiger partial charge in [0.15, 0.2) is 0 Å². The van der Waals surface area contributed by atoms with Crippen LogP contribution in [0.2, 0.25) is 5.02 Å². The number of hydrogen-bond acceptors (Lipinski definition) is 3. The van der Waals surface area contributed by atoms with Gasteiger partial charge in [-0.25, -0.2) is 0 Å². The molecule has 16 heavy (non-hydrogen) atoms. The van der Waals surface area contributed by atoms with E-state index >= 15 is 0 Å². The lowest BCUT2D eigenvalue weighted by atomic mass is 10.3. The Morgan fingerprint density at radius 2 is 2.12 bits per heavy atom. The molecule has 5 nitrogen and oxygen atoms in total. The molecule has 0 unspecified atom stereocenters. The Labute approximate surface area is 93.2 Å². The monoisotopic (exact) mass is 250 g/mol. The Kier molecular flexibility index (Phi) is 3.73. The van der Waals surface area contributed by atoms with Crippen LogP contribution >= 0.6 is 11.6 Å². The van der Waals surface area contributed by atoms with Crippen molar-refractivity contribution in [2.75, 3.05) is 5.32 Å². The lowest BCUT2D eigenvalue weighted by molar-refractivity contribution is -0.384. The smallest absolute Gasteiger partial charge is 0.315 e. The van der Waals surface area contributed by atoms with Gasteiger partial charge in [0.05, 0.1) is 15.6 Å². The highest BCUT2D eigenvalue weighted by atomic mass is 35.5. The second-order valence-electron chi connectivity index (χ2n) is 2.71. The average molecular weight is 251 g/mol. The van der Waals surface area contributed by atoms with Gasteiger partial charge < -0.3 is 5.32 Å². The van der Waals surface area contributed by atoms with Gasteiger partial charge in [-0.15, -0.1) is 0 Å². The fourth-order valence-corrected chi connectivity index (χ4v) is 1.13. The van der Waals surface area contributed by atoms with Gasteiger partial charge >= 0.3 is 6.43 Å². The average Bonchev–Trinajstić information content (AvgIpc) is 2.20. The number of halogens is 3. The van der Waals surface area contributed by atoms with Gasteiger partial charge in [-0.3, -0.25) is 14.9 Å². The van der Waals surface area contributed by atoms with E-state index in [1.807, 2.05) is 5.32 Å². The van der Waals surface area contributed by atoms with Crippen LogP contribution in [0.1, 0.15) is 0 Å². The Morgan fingerprint density at radius 1 is 1.50 bits per heavy atom. The summed E-state index contributed by atoms with van der Waals surface area (Å²) >= 11 is 5.56. The molecule has 0 aliphatic rings. The van der Waals surface area contributed by atoms with Gasteiger partial charge in [0.25, 0.3) is 11.6 Å². The van der Waals surface area contributed by atoms with Crippen LogP contribution in [0.15, 0.2) is 18.2 Å². The molecule has 0 fully saturated rings. The molecule has 0 saturated heterocycles. The van der Waals surface area contributed by atoms with Crippen LogP contribution in [0.4, 0.5) is 20.2 Å². The number of benzene rings is 1.